The van der Waals surface area contributed by atoms with Crippen LogP contribution >= 0.6 is 11.3 Å². The molecule has 1 saturated heterocycles. The second kappa shape index (κ2) is 6.15. The summed E-state index contributed by atoms with van der Waals surface area (Å²) in [5.74, 6) is 1.86. The zero-order chi connectivity index (χ0) is 14.7. The molecule has 0 spiro atoms. The van der Waals surface area contributed by atoms with Crippen LogP contribution in [0.2, 0.25) is 0 Å². The molecule has 0 N–H and O–H groups in total. The van der Waals surface area contributed by atoms with Gasteiger partial charge >= 0.3 is 0 Å². The molecule has 0 bridgehead atoms. The molecule has 21 heavy (non-hydrogen) atoms. The van der Waals surface area contributed by atoms with Crippen molar-refractivity contribution in [2.75, 3.05) is 18.0 Å². The van der Waals surface area contributed by atoms with Crippen molar-refractivity contribution in [1.82, 2.24) is 4.98 Å². The van der Waals surface area contributed by atoms with Crippen LogP contribution in [0.25, 0.3) is 12.2 Å². The molecule has 0 aliphatic carbocycles. The highest BCUT2D eigenvalue weighted by molar-refractivity contribution is 7.10. The third-order valence-electron chi connectivity index (χ3n) is 3.74. The third-order valence-corrected chi connectivity index (χ3v) is 4.57. The second-order valence-corrected chi connectivity index (χ2v) is 6.32. The van der Waals surface area contributed by atoms with Crippen LogP contribution in [0.3, 0.4) is 0 Å². The average molecular weight is 299 g/mol. The summed E-state index contributed by atoms with van der Waals surface area (Å²) >= 11 is 1.66. The van der Waals surface area contributed by atoms with Gasteiger partial charge in [-0.15, -0.1) is 11.3 Å². The number of hydrogen-bond acceptors (Lipinski definition) is 5. The maximum atomic E-state index is 9.25. The van der Waals surface area contributed by atoms with Crippen molar-refractivity contribution in [2.24, 2.45) is 5.92 Å². The summed E-state index contributed by atoms with van der Waals surface area (Å²) in [5.41, 5.74) is 0.385. The minimum absolute atomic E-state index is 0.385. The zero-order valence-corrected chi connectivity index (χ0v) is 12.8. The molecule has 5 heteroatoms. The van der Waals surface area contributed by atoms with Gasteiger partial charge in [-0.3, -0.25) is 0 Å². The van der Waals surface area contributed by atoms with Gasteiger partial charge in [-0.2, -0.15) is 10.2 Å². The van der Waals surface area contributed by atoms with Gasteiger partial charge in [0, 0.05) is 24.0 Å². The Labute approximate surface area is 128 Å². The molecule has 108 valence electrons. The Kier molecular flexibility index (Phi) is 4.07. The molecule has 1 fully saturated rings. The SMILES string of the molecule is CC1CCN(c2oc(/C=C/c3cccs3)nc2C#N)CC1. The van der Waals surface area contributed by atoms with Crippen LogP contribution in [0.5, 0.6) is 0 Å². The van der Waals surface area contributed by atoms with E-state index in [4.69, 9.17) is 4.42 Å². The van der Waals surface area contributed by atoms with Gasteiger partial charge in [-0.05, 0) is 36.3 Å². The van der Waals surface area contributed by atoms with E-state index in [0.717, 1.165) is 36.7 Å². The summed E-state index contributed by atoms with van der Waals surface area (Å²) in [6.45, 7) is 4.12. The Morgan fingerprint density at radius 2 is 2.24 bits per heavy atom. The van der Waals surface area contributed by atoms with E-state index in [2.05, 4.69) is 22.9 Å². The molecule has 0 aromatic carbocycles. The Hall–Kier alpha value is -2.06. The van der Waals surface area contributed by atoms with Crippen molar-refractivity contribution < 1.29 is 4.42 Å². The van der Waals surface area contributed by atoms with Crippen LogP contribution < -0.4 is 4.90 Å². The zero-order valence-electron chi connectivity index (χ0n) is 12.0. The highest BCUT2D eigenvalue weighted by Crippen LogP contribution is 2.27. The third kappa shape index (κ3) is 3.17. The van der Waals surface area contributed by atoms with Gasteiger partial charge in [0.1, 0.15) is 6.07 Å². The molecule has 0 saturated carbocycles. The Bertz CT molecular complexity index is 658. The molecule has 0 amide bonds. The monoisotopic (exact) mass is 299 g/mol. The minimum Gasteiger partial charge on any atom is -0.420 e. The van der Waals surface area contributed by atoms with E-state index < -0.39 is 0 Å². The first kappa shape index (κ1) is 13.9. The molecule has 0 unspecified atom stereocenters. The van der Waals surface area contributed by atoms with Crippen LogP contribution in [0.15, 0.2) is 21.9 Å². The Balaban J connectivity index is 1.80. The molecule has 3 rings (SSSR count). The van der Waals surface area contributed by atoms with Crippen molar-refractivity contribution in [1.29, 1.82) is 5.26 Å². The summed E-state index contributed by atoms with van der Waals surface area (Å²) in [7, 11) is 0. The van der Waals surface area contributed by atoms with Gasteiger partial charge in [-0.25, -0.2) is 0 Å². The van der Waals surface area contributed by atoms with Gasteiger partial charge in [0.05, 0.1) is 0 Å². The lowest BCUT2D eigenvalue weighted by Gasteiger charge is -2.29. The van der Waals surface area contributed by atoms with Crippen molar-refractivity contribution in [3.63, 3.8) is 0 Å². The number of oxazole rings is 1. The maximum Gasteiger partial charge on any atom is 0.235 e. The smallest absolute Gasteiger partial charge is 0.235 e. The van der Waals surface area contributed by atoms with Gasteiger partial charge in [0.2, 0.25) is 17.5 Å². The first-order valence-corrected chi connectivity index (χ1v) is 8.01. The normalized spacial score (nSPS) is 16.5. The van der Waals surface area contributed by atoms with Gasteiger partial charge < -0.3 is 9.32 Å². The minimum atomic E-state index is 0.385. The van der Waals surface area contributed by atoms with Gasteiger partial charge in [-0.1, -0.05) is 13.0 Å². The van der Waals surface area contributed by atoms with E-state index in [-0.39, 0.29) is 0 Å². The number of piperidine rings is 1. The predicted octanol–water partition coefficient (Wildman–Crippen LogP) is 4.01. The van der Waals surface area contributed by atoms with Crippen LogP contribution in [0.4, 0.5) is 5.88 Å². The largest absolute Gasteiger partial charge is 0.420 e. The summed E-state index contributed by atoms with van der Waals surface area (Å²) in [5, 5.41) is 11.3. The number of aromatic nitrogens is 1. The van der Waals surface area contributed by atoms with Crippen LogP contribution in [-0.2, 0) is 0 Å². The fraction of sp³-hybridized carbons (Fsp3) is 0.375. The number of nitriles is 1. The molecule has 4 nitrogen and oxygen atoms in total. The molecular formula is C16H17N3OS. The van der Waals surface area contributed by atoms with Crippen molar-refractivity contribution in [2.45, 2.75) is 19.8 Å². The molecule has 1 aliphatic rings. The van der Waals surface area contributed by atoms with E-state index in [0.29, 0.717) is 17.5 Å². The fourth-order valence-corrected chi connectivity index (χ4v) is 3.06. The quantitative estimate of drug-likeness (QED) is 0.859. The molecule has 2 aromatic heterocycles. The van der Waals surface area contributed by atoms with E-state index >= 15 is 0 Å². The summed E-state index contributed by atoms with van der Waals surface area (Å²) in [6.07, 6.45) is 6.04. The van der Waals surface area contributed by atoms with Crippen LogP contribution in [0.1, 0.15) is 36.2 Å². The van der Waals surface area contributed by atoms with Crippen molar-refractivity contribution in [3.8, 4) is 6.07 Å². The van der Waals surface area contributed by atoms with E-state index in [1.165, 1.54) is 0 Å². The molecule has 0 atom stereocenters. The number of hydrogen-bond donors (Lipinski definition) is 0. The second-order valence-electron chi connectivity index (χ2n) is 5.34. The lowest BCUT2D eigenvalue weighted by atomic mass is 9.99. The number of thiophene rings is 1. The van der Waals surface area contributed by atoms with E-state index in [1.54, 1.807) is 11.3 Å². The van der Waals surface area contributed by atoms with Crippen molar-refractivity contribution in [3.05, 3.63) is 34.0 Å². The van der Waals surface area contributed by atoms with Crippen LogP contribution in [-0.4, -0.2) is 18.1 Å². The summed E-state index contributed by atoms with van der Waals surface area (Å²) < 4.78 is 5.79. The highest BCUT2D eigenvalue weighted by Gasteiger charge is 2.22. The average Bonchev–Trinajstić information content (AvgIpc) is 3.15. The maximum absolute atomic E-state index is 9.25. The molecule has 0 radical (unpaired) electrons. The standard InChI is InChI=1S/C16H17N3OS/c1-12-6-8-19(9-7-12)16-14(11-17)18-15(20-16)5-4-13-3-2-10-21-13/h2-5,10,12H,6-9H2,1H3/b5-4+. The molecule has 1 aliphatic heterocycles. The van der Waals surface area contributed by atoms with Gasteiger partial charge in [0.25, 0.3) is 0 Å². The summed E-state index contributed by atoms with van der Waals surface area (Å²) in [4.78, 5) is 7.54. The van der Waals surface area contributed by atoms with E-state index in [9.17, 15) is 5.26 Å². The lowest BCUT2D eigenvalue weighted by Crippen LogP contribution is -2.32. The predicted molar refractivity (Wildman–Crippen MR) is 85.1 cm³/mol. The van der Waals surface area contributed by atoms with Gasteiger partial charge in [0.15, 0.2) is 0 Å². The Morgan fingerprint density at radius 1 is 1.43 bits per heavy atom. The van der Waals surface area contributed by atoms with Crippen molar-refractivity contribution >= 4 is 29.4 Å². The van der Waals surface area contributed by atoms with E-state index in [1.807, 2.05) is 29.7 Å². The number of rotatable bonds is 3. The molecular weight excluding hydrogens is 282 g/mol. The lowest BCUT2D eigenvalue weighted by molar-refractivity contribution is 0.415. The summed E-state index contributed by atoms with van der Waals surface area (Å²) in [6, 6.07) is 6.17. The highest BCUT2D eigenvalue weighted by atomic mass is 32.1. The fourth-order valence-electron chi connectivity index (χ4n) is 2.44. The molecule has 3 heterocycles. The first-order chi connectivity index (χ1) is 10.3. The first-order valence-electron chi connectivity index (χ1n) is 7.13. The topological polar surface area (TPSA) is 53.1 Å². The Morgan fingerprint density at radius 3 is 2.90 bits per heavy atom. The molecule has 2 aromatic rings. The van der Waals surface area contributed by atoms with Crippen LogP contribution in [0, 0.1) is 17.2 Å². The number of nitrogens with zero attached hydrogens (tertiary/aromatic N) is 3. The number of anilines is 1.